The molecule has 1 aromatic rings. The molecular formula is C19H21F6NO11S4. The van der Waals surface area contributed by atoms with Crippen LogP contribution < -0.4 is 8.31 Å². The first kappa shape index (κ1) is 36.5. The SMILES string of the molecule is C=C(C)C(=O)OCCOC(=O)CCSc1ccc(OS(=O)(=O)C(F)(F)C(F)(F)C(F)(F)S(=O)(=O)NS(C)(=O)=O)cc1. The van der Waals surface area contributed by atoms with E-state index in [1.165, 1.54) is 6.92 Å². The predicted molar refractivity (Wildman–Crippen MR) is 130 cm³/mol. The summed E-state index contributed by atoms with van der Waals surface area (Å²) in [6, 6.07) is 3.34. The summed E-state index contributed by atoms with van der Waals surface area (Å²) in [5.74, 6) is -9.61. The molecule has 234 valence electrons. The minimum absolute atomic E-state index is 0.0587. The highest BCUT2D eigenvalue weighted by molar-refractivity contribution is 8.05. The summed E-state index contributed by atoms with van der Waals surface area (Å²) in [6.07, 6.45) is -0.240. The molecule has 0 aliphatic rings. The third kappa shape index (κ3) is 9.21. The quantitative estimate of drug-likeness (QED) is 0.0674. The average molecular weight is 682 g/mol. The average Bonchev–Trinajstić information content (AvgIpc) is 2.80. The van der Waals surface area contributed by atoms with E-state index in [0.717, 1.165) is 23.9 Å². The molecule has 0 bridgehead atoms. The normalized spacial score (nSPS) is 13.4. The monoisotopic (exact) mass is 681 g/mol. The molecule has 0 aliphatic heterocycles. The van der Waals surface area contributed by atoms with Gasteiger partial charge >= 0.3 is 38.5 Å². The molecule has 0 saturated carbocycles. The van der Waals surface area contributed by atoms with Crippen molar-refractivity contribution in [1.29, 1.82) is 0 Å². The molecule has 0 aromatic heterocycles. The second-order valence-electron chi connectivity index (χ2n) is 7.71. The first-order chi connectivity index (χ1) is 18.4. The fourth-order valence-electron chi connectivity index (χ4n) is 2.25. The highest BCUT2D eigenvalue weighted by Gasteiger charge is 2.83. The first-order valence-corrected chi connectivity index (χ1v) is 16.2. The maximum Gasteiger partial charge on any atom is 0.450 e. The molecule has 0 radical (unpaired) electrons. The molecular weight excluding hydrogens is 660 g/mol. The van der Waals surface area contributed by atoms with Crippen LogP contribution in [0.3, 0.4) is 0 Å². The topological polar surface area (TPSA) is 176 Å². The number of hydrogen-bond donors (Lipinski definition) is 1. The maximum atomic E-state index is 14.2. The van der Waals surface area contributed by atoms with Crippen LogP contribution in [0.25, 0.3) is 0 Å². The number of benzene rings is 1. The van der Waals surface area contributed by atoms with Crippen LogP contribution in [0.5, 0.6) is 5.75 Å². The number of carbonyl (C=O) groups is 2. The van der Waals surface area contributed by atoms with Gasteiger partial charge in [-0.25, -0.2) is 21.6 Å². The molecule has 0 aliphatic carbocycles. The number of halogens is 6. The maximum absolute atomic E-state index is 14.2. The third-order valence-electron chi connectivity index (χ3n) is 4.18. The van der Waals surface area contributed by atoms with Crippen molar-refractivity contribution in [1.82, 2.24) is 4.13 Å². The summed E-state index contributed by atoms with van der Waals surface area (Å²) >= 11 is 0.951. The Labute approximate surface area is 234 Å². The lowest BCUT2D eigenvalue weighted by molar-refractivity contribution is -0.245. The van der Waals surface area contributed by atoms with Crippen molar-refractivity contribution in [2.24, 2.45) is 0 Å². The molecule has 0 spiro atoms. The zero-order valence-electron chi connectivity index (χ0n) is 20.7. The van der Waals surface area contributed by atoms with Crippen molar-refractivity contribution in [3.05, 3.63) is 36.4 Å². The minimum Gasteiger partial charge on any atom is -0.462 e. The number of alkyl halides is 6. The zero-order chi connectivity index (χ0) is 32.1. The lowest BCUT2D eigenvalue weighted by Crippen LogP contribution is -2.63. The Morgan fingerprint density at radius 1 is 0.902 bits per heavy atom. The van der Waals surface area contributed by atoms with E-state index >= 15 is 0 Å². The molecule has 0 unspecified atom stereocenters. The molecule has 12 nitrogen and oxygen atoms in total. The summed E-state index contributed by atoms with van der Waals surface area (Å²) in [7, 11) is -19.3. The van der Waals surface area contributed by atoms with Crippen molar-refractivity contribution >= 4 is 53.9 Å². The Balaban J connectivity index is 2.85. The van der Waals surface area contributed by atoms with Gasteiger partial charge in [-0.15, -0.1) is 15.9 Å². The van der Waals surface area contributed by atoms with E-state index in [9.17, 15) is 61.2 Å². The first-order valence-electron chi connectivity index (χ1n) is 10.4. The van der Waals surface area contributed by atoms with E-state index in [1.54, 1.807) is 0 Å². The van der Waals surface area contributed by atoms with Gasteiger partial charge in [0.15, 0.2) is 0 Å². The number of carbonyl (C=O) groups excluding carboxylic acids is 2. The number of hydrogen-bond acceptors (Lipinski definition) is 12. The number of ether oxygens (including phenoxy) is 2. The molecule has 0 saturated heterocycles. The Morgan fingerprint density at radius 2 is 1.41 bits per heavy atom. The van der Waals surface area contributed by atoms with Crippen LogP contribution in [-0.2, 0) is 49.2 Å². The Hall–Kier alpha value is -2.56. The van der Waals surface area contributed by atoms with E-state index in [1.807, 2.05) is 0 Å². The Kier molecular flexibility index (Phi) is 11.7. The van der Waals surface area contributed by atoms with Crippen molar-refractivity contribution in [3.63, 3.8) is 0 Å². The van der Waals surface area contributed by atoms with E-state index in [2.05, 4.69) is 10.8 Å². The van der Waals surface area contributed by atoms with E-state index < -0.39 is 64.3 Å². The molecule has 0 amide bonds. The van der Waals surface area contributed by atoms with Crippen molar-refractivity contribution in [3.8, 4) is 5.75 Å². The minimum atomic E-state index is -7.23. The summed E-state index contributed by atoms with van der Waals surface area (Å²) in [5, 5.41) is -13.9. The van der Waals surface area contributed by atoms with Crippen molar-refractivity contribution in [2.45, 2.75) is 34.7 Å². The second-order valence-corrected chi connectivity index (χ2v) is 14.2. The molecule has 41 heavy (non-hydrogen) atoms. The molecule has 1 rings (SSSR count). The smallest absolute Gasteiger partial charge is 0.450 e. The number of thioether (sulfide) groups is 1. The van der Waals surface area contributed by atoms with E-state index in [-0.39, 0.29) is 46.2 Å². The molecule has 22 heteroatoms. The number of rotatable bonds is 16. The van der Waals surface area contributed by atoms with Gasteiger partial charge in [0, 0.05) is 16.2 Å². The van der Waals surface area contributed by atoms with Crippen molar-refractivity contribution in [2.75, 3.05) is 25.2 Å². The highest BCUT2D eigenvalue weighted by Crippen LogP contribution is 2.51. The molecule has 0 fully saturated rings. The fraction of sp³-hybridized carbons (Fsp3) is 0.474. The van der Waals surface area contributed by atoms with Gasteiger partial charge < -0.3 is 13.7 Å². The van der Waals surface area contributed by atoms with E-state index in [4.69, 9.17) is 9.47 Å². The van der Waals surface area contributed by atoms with Gasteiger partial charge in [-0.3, -0.25) is 4.79 Å². The molecule has 0 atom stereocenters. The van der Waals surface area contributed by atoms with Crippen molar-refractivity contribution < 1.29 is 74.8 Å². The van der Waals surface area contributed by atoms with Crippen LogP contribution in [0.1, 0.15) is 13.3 Å². The number of sulfonamides is 2. The summed E-state index contributed by atoms with van der Waals surface area (Å²) in [6.45, 7) is 4.32. The van der Waals surface area contributed by atoms with Gasteiger partial charge in [0.1, 0.15) is 19.0 Å². The third-order valence-corrected chi connectivity index (χ3v) is 9.51. The molecule has 0 heterocycles. The van der Waals surface area contributed by atoms with Gasteiger partial charge in [-0.1, -0.05) is 6.58 Å². The number of esters is 2. The Morgan fingerprint density at radius 3 is 1.90 bits per heavy atom. The van der Waals surface area contributed by atoms with Gasteiger partial charge in [0.25, 0.3) is 10.0 Å². The van der Waals surface area contributed by atoms with Crippen LogP contribution in [0.15, 0.2) is 41.3 Å². The zero-order valence-corrected chi connectivity index (χ0v) is 24.0. The van der Waals surface area contributed by atoms with Crippen LogP contribution in [0.2, 0.25) is 0 Å². The molecule has 1 aromatic carbocycles. The van der Waals surface area contributed by atoms with Gasteiger partial charge in [0.2, 0.25) is 10.0 Å². The van der Waals surface area contributed by atoms with Crippen LogP contribution >= 0.6 is 11.8 Å². The number of nitrogens with one attached hydrogen (secondary N) is 1. The van der Waals surface area contributed by atoms with Crippen LogP contribution in [0, 0.1) is 0 Å². The second kappa shape index (κ2) is 13.2. The summed E-state index contributed by atoms with van der Waals surface area (Å²) < 4.78 is 166. The summed E-state index contributed by atoms with van der Waals surface area (Å²) in [5.41, 5.74) is 0.143. The predicted octanol–water partition coefficient (Wildman–Crippen LogP) is 2.24. The van der Waals surface area contributed by atoms with Gasteiger partial charge in [-0.2, -0.15) is 34.8 Å². The highest BCUT2D eigenvalue weighted by atomic mass is 32.3. The Bertz CT molecular complexity index is 1460. The van der Waals surface area contributed by atoms with E-state index in [0.29, 0.717) is 12.1 Å². The van der Waals surface area contributed by atoms with Crippen LogP contribution in [0.4, 0.5) is 26.3 Å². The van der Waals surface area contributed by atoms with Gasteiger partial charge in [0.05, 0.1) is 12.7 Å². The fourth-order valence-corrected chi connectivity index (χ4v) is 6.54. The van der Waals surface area contributed by atoms with Gasteiger partial charge in [-0.05, 0) is 31.2 Å². The lowest BCUT2D eigenvalue weighted by atomic mass is 10.3. The largest absolute Gasteiger partial charge is 0.462 e. The standard InChI is InChI=1S/C19H21F6NO11S4/c1-12(2)16(28)36-10-9-35-15(27)8-11-38-14-6-4-13(5-7-14)37-41(33,34)19(24,25)17(20,21)18(22,23)40(31,32)26-39(3,29)30/h4-7,26H,1,8-11H2,2-3H3. The van der Waals surface area contributed by atoms with Crippen LogP contribution in [-0.4, -0.2) is 78.8 Å². The summed E-state index contributed by atoms with van der Waals surface area (Å²) in [4.78, 5) is 23.1. The lowest BCUT2D eigenvalue weighted by Gasteiger charge is -2.30. The molecule has 1 N–H and O–H groups in total.